The van der Waals surface area contributed by atoms with Gasteiger partial charge in [0.1, 0.15) is 5.75 Å². The van der Waals surface area contributed by atoms with Crippen LogP contribution in [-0.4, -0.2) is 43.4 Å². The van der Waals surface area contributed by atoms with E-state index in [0.717, 1.165) is 38.0 Å². The fourth-order valence-electron chi connectivity index (χ4n) is 4.59. The Balaban J connectivity index is 1.30. The van der Waals surface area contributed by atoms with E-state index in [4.69, 9.17) is 0 Å². The van der Waals surface area contributed by atoms with Gasteiger partial charge in [-0.15, -0.1) is 0 Å². The van der Waals surface area contributed by atoms with Crippen LogP contribution in [0.25, 0.3) is 0 Å². The van der Waals surface area contributed by atoms with Gasteiger partial charge in [-0.3, -0.25) is 4.79 Å². The molecule has 3 aromatic carbocycles. The highest BCUT2D eigenvalue weighted by molar-refractivity contribution is 7.89. The first kappa shape index (κ1) is 22.4. The number of carbonyl (C=O) groups excluding carboxylic acids is 1. The average molecular weight is 478 g/mol. The summed E-state index contributed by atoms with van der Waals surface area (Å²) in [5.41, 5.74) is 4.22. The molecule has 1 fully saturated rings. The molecule has 34 heavy (non-hydrogen) atoms. The summed E-state index contributed by atoms with van der Waals surface area (Å²) in [7, 11) is -3.65. The van der Waals surface area contributed by atoms with Crippen LogP contribution in [0.5, 0.6) is 5.75 Å². The molecule has 2 N–H and O–H groups in total. The lowest BCUT2D eigenvalue weighted by molar-refractivity contribution is 0.102. The summed E-state index contributed by atoms with van der Waals surface area (Å²) in [4.78, 5) is 15.2. The van der Waals surface area contributed by atoms with E-state index in [9.17, 15) is 18.3 Å². The summed E-state index contributed by atoms with van der Waals surface area (Å²) in [6.45, 7) is 2.71. The van der Waals surface area contributed by atoms with Crippen LogP contribution in [0.15, 0.2) is 71.6 Å². The maximum atomic E-state index is 12.8. The zero-order valence-electron chi connectivity index (χ0n) is 18.8. The van der Waals surface area contributed by atoms with Gasteiger partial charge in [0.15, 0.2) is 0 Å². The number of carbonyl (C=O) groups is 1. The number of amides is 1. The topological polar surface area (TPSA) is 90.0 Å². The van der Waals surface area contributed by atoms with Gasteiger partial charge in [-0.2, -0.15) is 4.31 Å². The third-order valence-electron chi connectivity index (χ3n) is 6.54. The highest BCUT2D eigenvalue weighted by atomic mass is 32.2. The van der Waals surface area contributed by atoms with Gasteiger partial charge >= 0.3 is 0 Å². The van der Waals surface area contributed by atoms with Crippen molar-refractivity contribution in [3.63, 3.8) is 0 Å². The minimum Gasteiger partial charge on any atom is -0.506 e. The zero-order valence-corrected chi connectivity index (χ0v) is 19.6. The van der Waals surface area contributed by atoms with Crippen molar-refractivity contribution in [2.45, 2.75) is 30.7 Å². The summed E-state index contributed by atoms with van der Waals surface area (Å²) >= 11 is 0. The fourth-order valence-corrected chi connectivity index (χ4v) is 6.13. The van der Waals surface area contributed by atoms with Gasteiger partial charge < -0.3 is 15.3 Å². The molecule has 0 aromatic heterocycles. The highest BCUT2D eigenvalue weighted by Gasteiger charge is 2.28. The van der Waals surface area contributed by atoms with Crippen molar-refractivity contribution in [1.29, 1.82) is 0 Å². The number of aromatic hydroxyl groups is 1. The van der Waals surface area contributed by atoms with Gasteiger partial charge in [0.2, 0.25) is 10.0 Å². The van der Waals surface area contributed by atoms with Crippen molar-refractivity contribution in [2.75, 3.05) is 29.9 Å². The Morgan fingerprint density at radius 2 is 1.59 bits per heavy atom. The number of sulfonamides is 1. The summed E-state index contributed by atoms with van der Waals surface area (Å²) < 4.78 is 27.1. The lowest BCUT2D eigenvalue weighted by Gasteiger charge is -2.30. The second kappa shape index (κ2) is 9.12. The molecule has 0 saturated carbocycles. The molecule has 2 aliphatic heterocycles. The molecule has 2 aliphatic rings. The molecule has 0 aliphatic carbocycles. The molecule has 8 heteroatoms. The fraction of sp³-hybridized carbons (Fsp3) is 0.269. The van der Waals surface area contributed by atoms with E-state index in [1.54, 1.807) is 12.1 Å². The maximum absolute atomic E-state index is 12.8. The molecule has 1 saturated heterocycles. The smallest absolute Gasteiger partial charge is 0.255 e. The van der Waals surface area contributed by atoms with Gasteiger partial charge in [-0.05, 0) is 72.9 Å². The summed E-state index contributed by atoms with van der Waals surface area (Å²) in [5.74, 6) is -0.598. The minimum atomic E-state index is -3.65. The lowest BCUT2D eigenvalue weighted by atomic mass is 9.99. The van der Waals surface area contributed by atoms with Crippen LogP contribution in [0.3, 0.4) is 0 Å². The van der Waals surface area contributed by atoms with Gasteiger partial charge in [0.05, 0.1) is 10.6 Å². The molecule has 0 bridgehead atoms. The first-order valence-corrected chi connectivity index (χ1v) is 12.9. The third-order valence-corrected chi connectivity index (χ3v) is 8.44. The molecule has 7 nitrogen and oxygen atoms in total. The van der Waals surface area contributed by atoms with Crippen LogP contribution in [-0.2, 0) is 23.0 Å². The molecule has 1 amide bonds. The van der Waals surface area contributed by atoms with Gasteiger partial charge in [-0.25, -0.2) is 8.42 Å². The number of hydrogen-bond acceptors (Lipinski definition) is 5. The van der Waals surface area contributed by atoms with E-state index in [2.05, 4.69) is 34.5 Å². The average Bonchev–Trinajstić information content (AvgIpc) is 3.41. The number of fused-ring (bicyclic) bond motifs is 1. The second-order valence-corrected chi connectivity index (χ2v) is 10.7. The molecule has 176 valence electrons. The van der Waals surface area contributed by atoms with Crippen molar-refractivity contribution in [3.8, 4) is 5.75 Å². The van der Waals surface area contributed by atoms with Crippen molar-refractivity contribution >= 4 is 27.3 Å². The van der Waals surface area contributed by atoms with E-state index >= 15 is 0 Å². The normalized spacial score (nSPS) is 16.3. The van der Waals surface area contributed by atoms with E-state index in [-0.39, 0.29) is 16.3 Å². The Morgan fingerprint density at radius 3 is 2.32 bits per heavy atom. The summed E-state index contributed by atoms with van der Waals surface area (Å²) in [6.07, 6.45) is 2.65. The SMILES string of the molecule is O=C(Nc1cc(S(=O)(=O)N2CCCC2)ccc1O)c1ccc(N2CCc3ccccc3C2)cc1. The van der Waals surface area contributed by atoms with E-state index < -0.39 is 15.9 Å². The third kappa shape index (κ3) is 4.38. The number of nitrogens with one attached hydrogen (secondary N) is 1. The molecule has 5 rings (SSSR count). The van der Waals surface area contributed by atoms with Gasteiger partial charge in [0, 0.05) is 37.4 Å². The van der Waals surface area contributed by atoms with Crippen molar-refractivity contribution in [3.05, 3.63) is 83.4 Å². The summed E-state index contributed by atoms with van der Waals surface area (Å²) in [5, 5.41) is 12.9. The Bertz CT molecular complexity index is 1320. The molecule has 3 aromatic rings. The van der Waals surface area contributed by atoms with Crippen LogP contribution < -0.4 is 10.2 Å². The van der Waals surface area contributed by atoms with Crippen LogP contribution in [0.4, 0.5) is 11.4 Å². The Kier molecular flexibility index (Phi) is 6.02. The standard InChI is InChI=1S/C26H27N3O4S/c30-25-12-11-23(34(32,33)29-14-3-4-15-29)17-24(25)27-26(31)20-7-9-22(10-8-20)28-16-13-19-5-1-2-6-21(19)18-28/h1-2,5-12,17,30H,3-4,13-16,18H2,(H,27,31). The molecule has 0 atom stereocenters. The van der Waals surface area contributed by atoms with Crippen molar-refractivity contribution in [2.24, 2.45) is 0 Å². The quantitative estimate of drug-likeness (QED) is 0.543. The maximum Gasteiger partial charge on any atom is 0.255 e. The number of hydrogen-bond donors (Lipinski definition) is 2. The van der Waals surface area contributed by atoms with Crippen LogP contribution in [0.2, 0.25) is 0 Å². The predicted octanol–water partition coefficient (Wildman–Crippen LogP) is 3.99. The second-order valence-electron chi connectivity index (χ2n) is 8.73. The number of phenolic OH excluding ortho intramolecular Hbond substituents is 1. The number of rotatable bonds is 5. The monoisotopic (exact) mass is 477 g/mol. The van der Waals surface area contributed by atoms with E-state index in [1.807, 2.05) is 12.1 Å². The molecule has 2 heterocycles. The molecular formula is C26H27N3O4S. The zero-order chi connectivity index (χ0) is 23.7. The van der Waals surface area contributed by atoms with Crippen molar-refractivity contribution in [1.82, 2.24) is 4.31 Å². The molecule has 0 unspecified atom stereocenters. The van der Waals surface area contributed by atoms with Crippen LogP contribution in [0, 0.1) is 0 Å². The Labute approximate surface area is 199 Å². The number of nitrogens with zero attached hydrogens (tertiary/aromatic N) is 2. The summed E-state index contributed by atoms with van der Waals surface area (Å²) in [6, 6.07) is 19.7. The largest absolute Gasteiger partial charge is 0.506 e. The van der Waals surface area contributed by atoms with E-state index in [0.29, 0.717) is 18.7 Å². The number of benzene rings is 3. The molecule has 0 radical (unpaired) electrons. The van der Waals surface area contributed by atoms with E-state index in [1.165, 1.54) is 33.6 Å². The highest BCUT2D eigenvalue weighted by Crippen LogP contribution is 2.30. The first-order chi connectivity index (χ1) is 16.4. The van der Waals surface area contributed by atoms with Crippen molar-refractivity contribution < 1.29 is 18.3 Å². The number of anilines is 2. The molecular weight excluding hydrogens is 450 g/mol. The Morgan fingerprint density at radius 1 is 0.882 bits per heavy atom. The predicted molar refractivity (Wildman–Crippen MR) is 132 cm³/mol. The van der Waals surface area contributed by atoms with Crippen LogP contribution >= 0.6 is 0 Å². The van der Waals surface area contributed by atoms with Gasteiger partial charge in [-0.1, -0.05) is 24.3 Å². The Hall–Kier alpha value is -3.36. The first-order valence-electron chi connectivity index (χ1n) is 11.5. The molecule has 0 spiro atoms. The lowest BCUT2D eigenvalue weighted by Crippen LogP contribution is -2.30. The van der Waals surface area contributed by atoms with Crippen LogP contribution in [0.1, 0.15) is 34.3 Å². The van der Waals surface area contributed by atoms with Gasteiger partial charge in [0.25, 0.3) is 5.91 Å². The minimum absolute atomic E-state index is 0.0585. The number of phenols is 1.